The zero-order chi connectivity index (χ0) is 27.4. The van der Waals surface area contributed by atoms with Crippen LogP contribution in [0.2, 0.25) is 0 Å². The average Bonchev–Trinajstić information content (AvgIpc) is 3.13. The highest BCUT2D eigenvalue weighted by Gasteiger charge is 2.52. The molecular weight excluding hydrogens is 403 g/mol. The Balaban J connectivity index is 1.87. The summed E-state index contributed by atoms with van der Waals surface area (Å²) < 4.78 is 55.0. The molecule has 2 nitrogen and oxygen atoms in total. The van der Waals surface area contributed by atoms with Gasteiger partial charge < -0.3 is 9.31 Å². The standard InChI is InChI=1S/C30H29BO2/c1-29(2)30(3,4)33-31(32-29)28-21-26(23-16-10-6-11-17-23)25(22-14-8-5-9-15-22)20-27(28)24-18-12-7-13-19-24/h5-21H,1-4H3/i5D,8D,9D,14D,15D. The lowest BCUT2D eigenvalue weighted by molar-refractivity contribution is 0.00578. The van der Waals surface area contributed by atoms with Gasteiger partial charge in [-0.2, -0.15) is 0 Å². The van der Waals surface area contributed by atoms with E-state index in [9.17, 15) is 0 Å². The molecule has 5 rings (SSSR count). The van der Waals surface area contributed by atoms with Gasteiger partial charge in [0.2, 0.25) is 0 Å². The van der Waals surface area contributed by atoms with Crippen LogP contribution in [0.1, 0.15) is 34.5 Å². The van der Waals surface area contributed by atoms with Gasteiger partial charge in [-0.1, -0.05) is 96.9 Å². The van der Waals surface area contributed by atoms with Crippen molar-refractivity contribution in [1.29, 1.82) is 0 Å². The third-order valence-corrected chi connectivity index (χ3v) is 6.64. The number of benzene rings is 4. The molecule has 4 aromatic carbocycles. The first-order chi connectivity index (χ1) is 17.9. The molecular formula is C30H29BO2. The van der Waals surface area contributed by atoms with Gasteiger partial charge in [0, 0.05) is 0 Å². The summed E-state index contributed by atoms with van der Waals surface area (Å²) in [5, 5.41) is 0. The van der Waals surface area contributed by atoms with Crippen molar-refractivity contribution in [3.8, 4) is 33.4 Å². The molecule has 1 heterocycles. The molecule has 164 valence electrons. The molecule has 0 aromatic heterocycles. The third-order valence-electron chi connectivity index (χ3n) is 6.64. The van der Waals surface area contributed by atoms with Crippen molar-refractivity contribution in [3.05, 3.63) is 103 Å². The van der Waals surface area contributed by atoms with Crippen LogP contribution in [-0.2, 0) is 9.31 Å². The second kappa shape index (κ2) is 8.33. The molecule has 1 aliphatic rings. The summed E-state index contributed by atoms with van der Waals surface area (Å²) >= 11 is 0. The monoisotopic (exact) mass is 437 g/mol. The van der Waals surface area contributed by atoms with Gasteiger partial charge in [0.25, 0.3) is 0 Å². The molecule has 0 atom stereocenters. The van der Waals surface area contributed by atoms with Gasteiger partial charge >= 0.3 is 7.12 Å². The molecule has 0 aliphatic carbocycles. The number of rotatable bonds is 4. The molecule has 1 aliphatic heterocycles. The molecule has 0 amide bonds. The first kappa shape index (κ1) is 16.5. The maximum Gasteiger partial charge on any atom is 0.495 e. The molecule has 1 fully saturated rings. The van der Waals surface area contributed by atoms with Crippen molar-refractivity contribution in [2.75, 3.05) is 0 Å². The Kier molecular flexibility index (Phi) is 4.16. The Morgan fingerprint density at radius 1 is 0.606 bits per heavy atom. The Hall–Kier alpha value is -3.14. The fourth-order valence-electron chi connectivity index (χ4n) is 4.10. The van der Waals surface area contributed by atoms with Crippen molar-refractivity contribution in [1.82, 2.24) is 0 Å². The first-order valence-corrected chi connectivity index (χ1v) is 11.1. The van der Waals surface area contributed by atoms with Gasteiger partial charge in [0.15, 0.2) is 0 Å². The van der Waals surface area contributed by atoms with Crippen LogP contribution in [0.15, 0.2) is 103 Å². The summed E-state index contributed by atoms with van der Waals surface area (Å²) in [6.45, 7) is 8.03. The summed E-state index contributed by atoms with van der Waals surface area (Å²) in [6, 6.07) is 21.7. The maximum absolute atomic E-state index is 8.71. The largest absolute Gasteiger partial charge is 0.495 e. The smallest absolute Gasteiger partial charge is 0.399 e. The molecule has 0 N–H and O–H groups in total. The van der Waals surface area contributed by atoms with E-state index in [1.807, 2.05) is 100 Å². The minimum atomic E-state index is -0.660. The lowest BCUT2D eigenvalue weighted by atomic mass is 9.72. The molecule has 33 heavy (non-hydrogen) atoms. The summed E-state index contributed by atoms with van der Waals surface area (Å²) in [7, 11) is -0.660. The van der Waals surface area contributed by atoms with E-state index in [2.05, 4.69) is 0 Å². The van der Waals surface area contributed by atoms with Crippen molar-refractivity contribution in [2.45, 2.75) is 38.9 Å². The van der Waals surface area contributed by atoms with Crippen molar-refractivity contribution < 1.29 is 16.2 Å². The van der Waals surface area contributed by atoms with Crippen LogP contribution >= 0.6 is 0 Å². The van der Waals surface area contributed by atoms with Crippen LogP contribution in [0.3, 0.4) is 0 Å². The highest BCUT2D eigenvalue weighted by Crippen LogP contribution is 2.40. The van der Waals surface area contributed by atoms with Crippen LogP contribution in [0, 0.1) is 0 Å². The van der Waals surface area contributed by atoms with Gasteiger partial charge in [0.05, 0.1) is 18.1 Å². The minimum Gasteiger partial charge on any atom is -0.399 e. The second-order valence-electron chi connectivity index (χ2n) is 9.31. The van der Waals surface area contributed by atoms with E-state index in [0.717, 1.165) is 27.7 Å². The van der Waals surface area contributed by atoms with E-state index in [1.165, 1.54) is 0 Å². The second-order valence-corrected chi connectivity index (χ2v) is 9.31. The molecule has 0 bridgehead atoms. The fourth-order valence-corrected chi connectivity index (χ4v) is 4.10. The third kappa shape index (κ3) is 4.03. The summed E-state index contributed by atoms with van der Waals surface area (Å²) in [6.07, 6.45) is 0. The highest BCUT2D eigenvalue weighted by atomic mass is 16.7. The zero-order valence-corrected chi connectivity index (χ0v) is 19.3. The summed E-state index contributed by atoms with van der Waals surface area (Å²) in [4.78, 5) is 0. The van der Waals surface area contributed by atoms with Gasteiger partial charge in [-0.05, 0) is 72.6 Å². The normalized spacial score (nSPS) is 18.8. The van der Waals surface area contributed by atoms with E-state index < -0.39 is 24.4 Å². The van der Waals surface area contributed by atoms with Crippen molar-refractivity contribution in [3.63, 3.8) is 0 Å². The molecule has 0 radical (unpaired) electrons. The quantitative estimate of drug-likeness (QED) is 0.321. The van der Waals surface area contributed by atoms with Crippen LogP contribution in [0.25, 0.3) is 33.4 Å². The van der Waals surface area contributed by atoms with Gasteiger partial charge in [-0.15, -0.1) is 0 Å². The molecule has 0 saturated carbocycles. The summed E-state index contributed by atoms with van der Waals surface area (Å²) in [5.41, 5.74) is 3.72. The van der Waals surface area contributed by atoms with E-state index in [-0.39, 0.29) is 29.7 Å². The van der Waals surface area contributed by atoms with Crippen LogP contribution in [-0.4, -0.2) is 18.3 Å². The zero-order valence-electron chi connectivity index (χ0n) is 24.3. The molecule has 4 aromatic rings. The Labute approximate surface area is 204 Å². The number of hydrogen-bond acceptors (Lipinski definition) is 2. The average molecular weight is 437 g/mol. The Bertz CT molecular complexity index is 1480. The van der Waals surface area contributed by atoms with Gasteiger partial charge in [-0.3, -0.25) is 0 Å². The SMILES string of the molecule is [2H]c1c([2H])c([2H])c(-c2cc(-c3ccccc3)c(B3OC(C)(C)C(C)(C)O3)cc2-c2ccccc2)c([2H])c1[2H]. The molecule has 1 saturated heterocycles. The summed E-state index contributed by atoms with van der Waals surface area (Å²) in [5.74, 6) is 0. The molecule has 3 heteroatoms. The highest BCUT2D eigenvalue weighted by molar-refractivity contribution is 6.64. The van der Waals surface area contributed by atoms with Crippen molar-refractivity contribution >= 4 is 12.6 Å². The fraction of sp³-hybridized carbons (Fsp3) is 0.200. The molecule has 0 unspecified atom stereocenters. The van der Waals surface area contributed by atoms with E-state index in [1.54, 1.807) is 0 Å². The Morgan fingerprint density at radius 3 is 1.64 bits per heavy atom. The Morgan fingerprint density at radius 2 is 1.09 bits per heavy atom. The van der Waals surface area contributed by atoms with Gasteiger partial charge in [0.1, 0.15) is 0 Å². The number of hydrogen-bond donors (Lipinski definition) is 0. The predicted molar refractivity (Wildman–Crippen MR) is 138 cm³/mol. The van der Waals surface area contributed by atoms with Crippen LogP contribution in [0.4, 0.5) is 0 Å². The van der Waals surface area contributed by atoms with Gasteiger partial charge in [-0.25, -0.2) is 0 Å². The molecule has 0 spiro atoms. The van der Waals surface area contributed by atoms with Crippen molar-refractivity contribution in [2.24, 2.45) is 0 Å². The first-order valence-electron chi connectivity index (χ1n) is 13.6. The maximum atomic E-state index is 8.71. The predicted octanol–water partition coefficient (Wildman–Crippen LogP) is 6.99. The topological polar surface area (TPSA) is 18.5 Å². The lowest BCUT2D eigenvalue weighted by Gasteiger charge is -2.32. The van der Waals surface area contributed by atoms with Crippen LogP contribution in [0.5, 0.6) is 0 Å². The minimum absolute atomic E-state index is 0.160. The van der Waals surface area contributed by atoms with E-state index in [0.29, 0.717) is 5.56 Å². The lowest BCUT2D eigenvalue weighted by Crippen LogP contribution is -2.41. The van der Waals surface area contributed by atoms with Crippen LogP contribution < -0.4 is 5.46 Å². The van der Waals surface area contributed by atoms with E-state index in [4.69, 9.17) is 16.2 Å². The van der Waals surface area contributed by atoms with E-state index >= 15 is 0 Å².